The van der Waals surface area contributed by atoms with Crippen LogP contribution in [0.3, 0.4) is 0 Å². The van der Waals surface area contributed by atoms with Crippen molar-refractivity contribution in [2.75, 3.05) is 7.11 Å². The molecule has 0 saturated carbocycles. The lowest BCUT2D eigenvalue weighted by atomic mass is 9.90. The maximum Gasteiger partial charge on any atom is 0.174 e. The number of hydrogen-bond donors (Lipinski definition) is 1. The number of hydrogen-bond acceptors (Lipinski definition) is 1. The topological polar surface area (TPSA) is 25.0 Å². The minimum Gasteiger partial charge on any atom is -0.364 e. The lowest BCUT2D eigenvalue weighted by Crippen LogP contribution is -2.33. The first-order valence-electron chi connectivity index (χ1n) is 5.01. The SMILES string of the molecule is COC1(Cl)C=CC=C(F)C1c1[nH]ccc1C. The van der Waals surface area contributed by atoms with Gasteiger partial charge in [-0.25, -0.2) is 4.39 Å². The zero-order chi connectivity index (χ0) is 11.8. The second kappa shape index (κ2) is 4.07. The van der Waals surface area contributed by atoms with Crippen LogP contribution in [0, 0.1) is 6.92 Å². The first-order chi connectivity index (χ1) is 7.58. The van der Waals surface area contributed by atoms with Crippen LogP contribution in [0.1, 0.15) is 17.2 Å². The smallest absolute Gasteiger partial charge is 0.174 e. The molecule has 1 aliphatic carbocycles. The van der Waals surface area contributed by atoms with Gasteiger partial charge in [-0.15, -0.1) is 0 Å². The number of alkyl halides is 1. The molecule has 0 bridgehead atoms. The number of allylic oxidation sites excluding steroid dienone is 2. The van der Waals surface area contributed by atoms with Gasteiger partial charge in [0.2, 0.25) is 0 Å². The summed E-state index contributed by atoms with van der Waals surface area (Å²) in [5, 5.41) is -1.16. The Morgan fingerprint density at radius 1 is 1.56 bits per heavy atom. The zero-order valence-electron chi connectivity index (χ0n) is 9.13. The maximum atomic E-state index is 13.9. The summed E-state index contributed by atoms with van der Waals surface area (Å²) in [7, 11) is 1.47. The predicted molar refractivity (Wildman–Crippen MR) is 62.2 cm³/mol. The van der Waals surface area contributed by atoms with Crippen LogP contribution < -0.4 is 0 Å². The summed E-state index contributed by atoms with van der Waals surface area (Å²) >= 11 is 6.27. The summed E-state index contributed by atoms with van der Waals surface area (Å²) in [6.45, 7) is 1.91. The molecule has 1 N–H and O–H groups in total. The fourth-order valence-electron chi connectivity index (χ4n) is 1.94. The van der Waals surface area contributed by atoms with Crippen LogP contribution in [-0.2, 0) is 4.74 Å². The molecule has 0 aromatic carbocycles. The Labute approximate surface area is 98.8 Å². The quantitative estimate of drug-likeness (QED) is 0.789. The molecule has 2 rings (SSSR count). The van der Waals surface area contributed by atoms with Crippen LogP contribution in [0.4, 0.5) is 4.39 Å². The van der Waals surface area contributed by atoms with E-state index in [0.717, 1.165) is 11.3 Å². The molecule has 0 radical (unpaired) electrons. The van der Waals surface area contributed by atoms with E-state index in [4.69, 9.17) is 16.3 Å². The van der Waals surface area contributed by atoms with E-state index in [1.807, 2.05) is 13.0 Å². The first-order valence-corrected chi connectivity index (χ1v) is 5.39. The number of H-pyrrole nitrogens is 1. The lowest BCUT2D eigenvalue weighted by molar-refractivity contribution is 0.0804. The number of ether oxygens (including phenoxy) is 1. The molecule has 0 saturated heterocycles. The minimum atomic E-state index is -1.16. The average molecular weight is 242 g/mol. The maximum absolute atomic E-state index is 13.9. The van der Waals surface area contributed by atoms with Crippen LogP contribution >= 0.6 is 11.6 Å². The second-order valence-electron chi connectivity index (χ2n) is 3.82. The van der Waals surface area contributed by atoms with Gasteiger partial charge in [0.1, 0.15) is 5.83 Å². The van der Waals surface area contributed by atoms with Gasteiger partial charge in [-0.05, 0) is 30.7 Å². The summed E-state index contributed by atoms with van der Waals surface area (Å²) in [5.74, 6) is -0.927. The van der Waals surface area contributed by atoms with Crippen LogP contribution in [0.2, 0.25) is 0 Å². The van der Waals surface area contributed by atoms with Crippen LogP contribution in [0.25, 0.3) is 0 Å². The molecule has 0 amide bonds. The molecule has 1 aromatic rings. The van der Waals surface area contributed by atoms with E-state index in [0.29, 0.717) is 0 Å². The third-order valence-corrected chi connectivity index (χ3v) is 3.35. The summed E-state index contributed by atoms with van der Waals surface area (Å²) in [6.07, 6.45) is 6.40. The highest BCUT2D eigenvalue weighted by Gasteiger charge is 2.41. The molecule has 1 aliphatic rings. The number of rotatable bonds is 2. The molecular weight excluding hydrogens is 229 g/mol. The predicted octanol–water partition coefficient (Wildman–Crippen LogP) is 3.41. The third-order valence-electron chi connectivity index (χ3n) is 2.85. The Balaban J connectivity index is 2.49. The Hall–Kier alpha value is -1.06. The largest absolute Gasteiger partial charge is 0.364 e. The van der Waals surface area contributed by atoms with Crippen molar-refractivity contribution in [3.63, 3.8) is 0 Å². The molecule has 4 heteroatoms. The standard InChI is InChI=1S/C12H13ClFNO/c1-8-5-7-15-11(8)10-9(14)4-3-6-12(10,13)16-2/h3-7,10,15H,1-2H3. The van der Waals surface area contributed by atoms with Crippen LogP contribution in [-0.4, -0.2) is 17.2 Å². The van der Waals surface area contributed by atoms with Crippen LogP contribution in [0.15, 0.2) is 36.3 Å². The van der Waals surface area contributed by atoms with Crippen molar-refractivity contribution in [3.05, 3.63) is 47.6 Å². The van der Waals surface area contributed by atoms with Crippen molar-refractivity contribution >= 4 is 11.6 Å². The molecule has 2 nitrogen and oxygen atoms in total. The molecule has 16 heavy (non-hydrogen) atoms. The van der Waals surface area contributed by atoms with Gasteiger partial charge in [0.05, 0.1) is 5.92 Å². The van der Waals surface area contributed by atoms with E-state index in [9.17, 15) is 4.39 Å². The third kappa shape index (κ3) is 1.70. The minimum absolute atomic E-state index is 0.301. The summed E-state index contributed by atoms with van der Waals surface area (Å²) in [5.41, 5.74) is 1.71. The van der Waals surface area contributed by atoms with Gasteiger partial charge in [-0.2, -0.15) is 0 Å². The highest BCUT2D eigenvalue weighted by atomic mass is 35.5. The monoisotopic (exact) mass is 241 g/mol. The fourth-order valence-corrected chi connectivity index (χ4v) is 2.23. The molecule has 0 spiro atoms. The first kappa shape index (κ1) is 11.4. The molecule has 0 fully saturated rings. The highest BCUT2D eigenvalue weighted by Crippen LogP contribution is 2.44. The van der Waals surface area contributed by atoms with Gasteiger partial charge in [0, 0.05) is 19.0 Å². The van der Waals surface area contributed by atoms with Gasteiger partial charge in [0.15, 0.2) is 5.06 Å². The molecule has 2 atom stereocenters. The van der Waals surface area contributed by atoms with E-state index in [1.165, 1.54) is 13.2 Å². The zero-order valence-corrected chi connectivity index (χ0v) is 9.88. The van der Waals surface area contributed by atoms with E-state index < -0.39 is 11.0 Å². The van der Waals surface area contributed by atoms with Gasteiger partial charge in [-0.3, -0.25) is 0 Å². The normalized spacial score (nSPS) is 29.2. The van der Waals surface area contributed by atoms with E-state index in [-0.39, 0.29) is 5.83 Å². The van der Waals surface area contributed by atoms with E-state index >= 15 is 0 Å². The van der Waals surface area contributed by atoms with Gasteiger partial charge in [-0.1, -0.05) is 17.7 Å². The van der Waals surface area contributed by atoms with Crippen molar-refractivity contribution in [3.8, 4) is 0 Å². The summed E-state index contributed by atoms with van der Waals surface area (Å²) < 4.78 is 19.1. The van der Waals surface area contributed by atoms with Crippen molar-refractivity contribution in [2.45, 2.75) is 17.9 Å². The average Bonchev–Trinajstić information content (AvgIpc) is 2.65. The molecule has 86 valence electrons. The fraction of sp³-hybridized carbons (Fsp3) is 0.333. The number of aromatic amines is 1. The Bertz CT molecular complexity index is 452. The Morgan fingerprint density at radius 2 is 2.31 bits per heavy atom. The van der Waals surface area contributed by atoms with Crippen LogP contribution in [0.5, 0.6) is 0 Å². The van der Waals surface area contributed by atoms with Crippen molar-refractivity contribution in [2.24, 2.45) is 0 Å². The molecule has 2 unspecified atom stereocenters. The number of methoxy groups -OCH3 is 1. The second-order valence-corrected chi connectivity index (χ2v) is 4.41. The molecule has 0 aliphatic heterocycles. The molecule has 1 heterocycles. The summed E-state index contributed by atoms with van der Waals surface area (Å²) in [6, 6.07) is 1.88. The highest BCUT2D eigenvalue weighted by molar-refractivity contribution is 6.25. The van der Waals surface area contributed by atoms with Crippen molar-refractivity contribution < 1.29 is 9.13 Å². The van der Waals surface area contributed by atoms with Gasteiger partial charge in [0.25, 0.3) is 0 Å². The van der Waals surface area contributed by atoms with Gasteiger partial charge >= 0.3 is 0 Å². The Morgan fingerprint density at radius 3 is 2.88 bits per heavy atom. The number of aromatic nitrogens is 1. The van der Waals surface area contributed by atoms with E-state index in [1.54, 1.807) is 18.3 Å². The van der Waals surface area contributed by atoms with Crippen molar-refractivity contribution in [1.82, 2.24) is 4.98 Å². The molecular formula is C12H13ClFNO. The van der Waals surface area contributed by atoms with E-state index in [2.05, 4.69) is 4.98 Å². The van der Waals surface area contributed by atoms with Crippen molar-refractivity contribution in [1.29, 1.82) is 0 Å². The van der Waals surface area contributed by atoms with Gasteiger partial charge < -0.3 is 9.72 Å². The lowest BCUT2D eigenvalue weighted by Gasteiger charge is -2.32. The number of aryl methyl sites for hydroxylation is 1. The number of nitrogens with one attached hydrogen (secondary N) is 1. The Kier molecular flexibility index (Phi) is 2.91. The number of halogens is 2. The summed E-state index contributed by atoms with van der Waals surface area (Å²) in [4.78, 5) is 3.02. The molecule has 1 aromatic heterocycles.